The molecule has 0 aromatic carbocycles. The van der Waals surface area contributed by atoms with Crippen LogP contribution in [0.2, 0.25) is 0 Å². The maximum atomic E-state index is 11.8. The van der Waals surface area contributed by atoms with Crippen molar-refractivity contribution in [1.82, 2.24) is 4.98 Å². The lowest BCUT2D eigenvalue weighted by Gasteiger charge is -2.01. The number of H-pyrrole nitrogens is 1. The van der Waals surface area contributed by atoms with Gasteiger partial charge in [0.2, 0.25) is 0 Å². The van der Waals surface area contributed by atoms with E-state index in [4.69, 9.17) is 5.11 Å². The van der Waals surface area contributed by atoms with E-state index in [1.807, 2.05) is 6.08 Å². The fraction of sp³-hybridized carbons (Fsp3) is 0.500. The molecular formula is C16H23NO3. The second-order valence-corrected chi connectivity index (χ2v) is 4.96. The Morgan fingerprint density at radius 1 is 1.05 bits per heavy atom. The second kappa shape index (κ2) is 9.13. The number of hydrogen-bond acceptors (Lipinski definition) is 2. The highest BCUT2D eigenvalue weighted by atomic mass is 16.4. The van der Waals surface area contributed by atoms with Gasteiger partial charge in [0.25, 0.3) is 0 Å². The van der Waals surface area contributed by atoms with E-state index in [0.29, 0.717) is 12.1 Å². The van der Waals surface area contributed by atoms with E-state index in [0.717, 1.165) is 25.7 Å². The smallest absolute Gasteiger partial charge is 0.352 e. The van der Waals surface area contributed by atoms with Gasteiger partial charge in [0, 0.05) is 6.42 Å². The maximum absolute atomic E-state index is 11.8. The Bertz CT molecular complexity index is 448. The average molecular weight is 277 g/mol. The molecule has 0 amide bonds. The third kappa shape index (κ3) is 5.87. The summed E-state index contributed by atoms with van der Waals surface area (Å²) in [6.45, 7) is 3.69. The molecule has 0 aliphatic carbocycles. The molecule has 0 saturated heterocycles. The van der Waals surface area contributed by atoms with Gasteiger partial charge in [-0.05, 0) is 31.4 Å². The SMILES string of the molecule is C=CCCCCCCCCC(=O)c1ccc(C(=O)O)[nH]1. The number of carbonyl (C=O) groups excluding carboxylic acids is 1. The van der Waals surface area contributed by atoms with E-state index in [1.54, 1.807) is 6.07 Å². The number of rotatable bonds is 11. The first-order chi connectivity index (χ1) is 9.65. The first kappa shape index (κ1) is 16.2. The molecule has 4 nitrogen and oxygen atoms in total. The van der Waals surface area contributed by atoms with E-state index < -0.39 is 5.97 Å². The third-order valence-electron chi connectivity index (χ3n) is 3.28. The lowest BCUT2D eigenvalue weighted by molar-refractivity contribution is 0.0691. The van der Waals surface area contributed by atoms with E-state index in [1.165, 1.54) is 25.3 Å². The van der Waals surface area contributed by atoms with Crippen molar-refractivity contribution >= 4 is 11.8 Å². The van der Waals surface area contributed by atoms with Gasteiger partial charge in [-0.25, -0.2) is 4.79 Å². The van der Waals surface area contributed by atoms with E-state index in [2.05, 4.69) is 11.6 Å². The molecule has 110 valence electrons. The van der Waals surface area contributed by atoms with Crippen LogP contribution in [-0.2, 0) is 0 Å². The molecule has 0 fully saturated rings. The molecule has 0 aliphatic heterocycles. The molecule has 1 aromatic rings. The van der Waals surface area contributed by atoms with Crippen molar-refractivity contribution in [3.8, 4) is 0 Å². The summed E-state index contributed by atoms with van der Waals surface area (Å²) in [7, 11) is 0. The van der Waals surface area contributed by atoms with E-state index in [-0.39, 0.29) is 11.5 Å². The zero-order valence-electron chi connectivity index (χ0n) is 11.9. The predicted molar refractivity (Wildman–Crippen MR) is 79.2 cm³/mol. The molecule has 0 bridgehead atoms. The number of carboxylic acid groups (broad SMARTS) is 1. The molecular weight excluding hydrogens is 254 g/mol. The number of ketones is 1. The van der Waals surface area contributed by atoms with E-state index >= 15 is 0 Å². The standard InChI is InChI=1S/C16H23NO3/c1-2-3-4-5-6-7-8-9-10-15(18)13-11-12-14(17-13)16(19)20/h2,11-12,17H,1,3-10H2,(H,19,20). The Labute approximate surface area is 119 Å². The molecule has 0 spiro atoms. The zero-order valence-corrected chi connectivity index (χ0v) is 11.9. The summed E-state index contributed by atoms with van der Waals surface area (Å²) in [5, 5.41) is 8.77. The number of allylic oxidation sites excluding steroid dienone is 1. The van der Waals surface area contributed by atoms with Gasteiger partial charge in [0.1, 0.15) is 5.69 Å². The number of carboxylic acids is 1. The molecule has 0 aliphatic rings. The average Bonchev–Trinajstić information content (AvgIpc) is 2.91. The second-order valence-electron chi connectivity index (χ2n) is 4.96. The van der Waals surface area contributed by atoms with Crippen LogP contribution in [0.15, 0.2) is 24.8 Å². The molecule has 1 aromatic heterocycles. The zero-order chi connectivity index (χ0) is 14.8. The number of aromatic amines is 1. The van der Waals surface area contributed by atoms with Crippen LogP contribution in [0.4, 0.5) is 0 Å². The number of Topliss-reactive ketones (excluding diaryl/α,β-unsaturated/α-hetero) is 1. The first-order valence-corrected chi connectivity index (χ1v) is 7.21. The number of hydrogen-bond donors (Lipinski definition) is 2. The highest BCUT2D eigenvalue weighted by Gasteiger charge is 2.11. The van der Waals surface area contributed by atoms with Crippen LogP contribution in [0, 0.1) is 0 Å². The van der Waals surface area contributed by atoms with Crippen LogP contribution in [0.5, 0.6) is 0 Å². The van der Waals surface area contributed by atoms with Gasteiger partial charge >= 0.3 is 5.97 Å². The fourth-order valence-electron chi connectivity index (χ4n) is 2.10. The topological polar surface area (TPSA) is 70.2 Å². The van der Waals surface area contributed by atoms with Crippen LogP contribution in [-0.4, -0.2) is 21.8 Å². The maximum Gasteiger partial charge on any atom is 0.352 e. The normalized spacial score (nSPS) is 10.4. The van der Waals surface area contributed by atoms with Gasteiger partial charge in [0.05, 0.1) is 5.69 Å². The van der Waals surface area contributed by atoms with Crippen molar-refractivity contribution in [1.29, 1.82) is 0 Å². The summed E-state index contributed by atoms with van der Waals surface area (Å²) in [6, 6.07) is 2.97. The van der Waals surface area contributed by atoms with Crippen molar-refractivity contribution in [2.75, 3.05) is 0 Å². The number of aromatic nitrogens is 1. The monoisotopic (exact) mass is 277 g/mol. The fourth-order valence-corrected chi connectivity index (χ4v) is 2.10. The Morgan fingerprint density at radius 3 is 2.25 bits per heavy atom. The Hall–Kier alpha value is -1.84. The summed E-state index contributed by atoms with van der Waals surface area (Å²) in [4.78, 5) is 25.1. The van der Waals surface area contributed by atoms with Crippen molar-refractivity contribution in [3.63, 3.8) is 0 Å². The molecule has 0 saturated carbocycles. The minimum Gasteiger partial charge on any atom is -0.477 e. The largest absolute Gasteiger partial charge is 0.477 e. The van der Waals surface area contributed by atoms with Crippen molar-refractivity contribution in [2.24, 2.45) is 0 Å². The summed E-state index contributed by atoms with van der Waals surface area (Å²) in [6.07, 6.45) is 10.2. The van der Waals surface area contributed by atoms with Crippen molar-refractivity contribution in [3.05, 3.63) is 36.2 Å². The van der Waals surface area contributed by atoms with Crippen LogP contribution in [0.3, 0.4) is 0 Å². The van der Waals surface area contributed by atoms with E-state index in [9.17, 15) is 9.59 Å². The van der Waals surface area contributed by atoms with Gasteiger partial charge in [-0.2, -0.15) is 0 Å². The molecule has 0 unspecified atom stereocenters. The molecule has 2 N–H and O–H groups in total. The quantitative estimate of drug-likeness (QED) is 0.362. The third-order valence-corrected chi connectivity index (χ3v) is 3.28. The lowest BCUT2D eigenvalue weighted by atomic mass is 10.1. The van der Waals surface area contributed by atoms with Crippen molar-refractivity contribution < 1.29 is 14.7 Å². The van der Waals surface area contributed by atoms with Crippen LogP contribution in [0.1, 0.15) is 72.3 Å². The predicted octanol–water partition coefficient (Wildman–Crippen LogP) is 4.20. The first-order valence-electron chi connectivity index (χ1n) is 7.21. The summed E-state index contributed by atoms with van der Waals surface area (Å²) in [5.41, 5.74) is 0.462. The molecule has 0 atom stereocenters. The molecule has 0 radical (unpaired) electrons. The van der Waals surface area contributed by atoms with Gasteiger partial charge in [-0.3, -0.25) is 4.79 Å². The summed E-state index contributed by atoms with van der Waals surface area (Å²) < 4.78 is 0. The summed E-state index contributed by atoms with van der Waals surface area (Å²) in [5.74, 6) is -1.05. The van der Waals surface area contributed by atoms with Crippen LogP contribution in [0.25, 0.3) is 0 Å². The minimum atomic E-state index is -1.04. The minimum absolute atomic E-state index is 0.0100. The Balaban J connectivity index is 2.13. The number of nitrogens with one attached hydrogen (secondary N) is 1. The molecule has 1 heterocycles. The molecule has 1 rings (SSSR count). The highest BCUT2D eigenvalue weighted by molar-refractivity contribution is 5.96. The van der Waals surface area contributed by atoms with Gasteiger partial charge in [-0.1, -0.05) is 31.8 Å². The number of carbonyl (C=O) groups is 2. The van der Waals surface area contributed by atoms with Crippen LogP contribution < -0.4 is 0 Å². The lowest BCUT2D eigenvalue weighted by Crippen LogP contribution is -2.02. The number of unbranched alkanes of at least 4 members (excludes halogenated alkanes) is 6. The molecule has 20 heavy (non-hydrogen) atoms. The van der Waals surface area contributed by atoms with Gasteiger partial charge in [0.15, 0.2) is 5.78 Å². The summed E-state index contributed by atoms with van der Waals surface area (Å²) >= 11 is 0. The molecule has 4 heteroatoms. The van der Waals surface area contributed by atoms with Crippen molar-refractivity contribution in [2.45, 2.75) is 51.4 Å². The number of aromatic carboxylic acids is 1. The van der Waals surface area contributed by atoms with Gasteiger partial charge in [-0.15, -0.1) is 6.58 Å². The van der Waals surface area contributed by atoms with Gasteiger partial charge < -0.3 is 10.1 Å². The van der Waals surface area contributed by atoms with Crippen LogP contribution >= 0.6 is 0 Å². The Morgan fingerprint density at radius 2 is 1.65 bits per heavy atom. The highest BCUT2D eigenvalue weighted by Crippen LogP contribution is 2.11. The Kier molecular flexibility index (Phi) is 7.40.